The van der Waals surface area contributed by atoms with E-state index in [1.165, 1.54) is 6.20 Å². The molecule has 2 atom stereocenters. The smallest absolute Gasteiger partial charge is 0.148 e. The first kappa shape index (κ1) is 12.0. The van der Waals surface area contributed by atoms with Gasteiger partial charge in [0.05, 0.1) is 10.0 Å². The number of rotatable bonds is 2. The van der Waals surface area contributed by atoms with Crippen molar-refractivity contribution in [1.82, 2.24) is 4.98 Å². The molecule has 78 valence electrons. The number of hydrogen-bond acceptors (Lipinski definition) is 3. The van der Waals surface area contributed by atoms with E-state index in [-0.39, 0.29) is 16.2 Å². The zero-order valence-electron chi connectivity index (χ0n) is 7.47. The van der Waals surface area contributed by atoms with Gasteiger partial charge in [-0.15, -0.1) is 0 Å². The van der Waals surface area contributed by atoms with Crippen LogP contribution in [0.2, 0.25) is 15.2 Å². The molecule has 1 heterocycles. The molecule has 14 heavy (non-hydrogen) atoms. The standard InChI is InChI=1S/C8H10Cl3N3/c1-3(12)7(13)5-4(9)2-14-8(11)6(5)10/h2-3,7H,12-13H2,1H3. The summed E-state index contributed by atoms with van der Waals surface area (Å²) in [5, 5.41) is 0.829. The Labute approximate surface area is 97.3 Å². The number of nitrogens with two attached hydrogens (primary N) is 2. The maximum absolute atomic E-state index is 5.92. The zero-order chi connectivity index (χ0) is 10.9. The Morgan fingerprint density at radius 2 is 1.86 bits per heavy atom. The molecule has 3 nitrogen and oxygen atoms in total. The molecule has 2 unspecified atom stereocenters. The molecule has 1 aromatic heterocycles. The van der Waals surface area contributed by atoms with Crippen LogP contribution < -0.4 is 11.5 Å². The Hall–Kier alpha value is -0.0600. The Kier molecular flexibility index (Phi) is 3.98. The summed E-state index contributed by atoms with van der Waals surface area (Å²) in [7, 11) is 0. The van der Waals surface area contributed by atoms with Gasteiger partial charge in [0.15, 0.2) is 0 Å². The third-order valence-corrected chi connectivity index (χ3v) is 2.93. The highest BCUT2D eigenvalue weighted by Gasteiger charge is 2.20. The van der Waals surface area contributed by atoms with E-state index in [0.29, 0.717) is 10.6 Å². The first-order valence-electron chi connectivity index (χ1n) is 3.95. The lowest BCUT2D eigenvalue weighted by atomic mass is 10.0. The minimum absolute atomic E-state index is 0.183. The SMILES string of the molecule is CC(N)C(N)c1c(Cl)cnc(Cl)c1Cl. The van der Waals surface area contributed by atoms with E-state index < -0.39 is 6.04 Å². The Bertz CT molecular complexity index is 341. The summed E-state index contributed by atoms with van der Waals surface area (Å²) in [6, 6.07) is -0.709. The summed E-state index contributed by atoms with van der Waals surface area (Å²) in [6.07, 6.45) is 1.41. The van der Waals surface area contributed by atoms with Crippen molar-refractivity contribution in [1.29, 1.82) is 0 Å². The Balaban J connectivity index is 3.25. The Morgan fingerprint density at radius 3 is 2.36 bits per heavy atom. The highest BCUT2D eigenvalue weighted by atomic mass is 35.5. The van der Waals surface area contributed by atoms with E-state index in [2.05, 4.69) is 4.98 Å². The van der Waals surface area contributed by atoms with Crippen molar-refractivity contribution >= 4 is 34.8 Å². The maximum atomic E-state index is 5.92. The average Bonchev–Trinajstić information content (AvgIpc) is 2.12. The first-order chi connectivity index (χ1) is 6.45. The first-order valence-corrected chi connectivity index (χ1v) is 5.09. The lowest BCUT2D eigenvalue weighted by Crippen LogP contribution is -2.31. The summed E-state index contributed by atoms with van der Waals surface area (Å²) in [4.78, 5) is 3.79. The van der Waals surface area contributed by atoms with E-state index in [1.54, 1.807) is 6.92 Å². The predicted molar refractivity (Wildman–Crippen MR) is 59.8 cm³/mol. The van der Waals surface area contributed by atoms with Gasteiger partial charge in [0, 0.05) is 23.8 Å². The van der Waals surface area contributed by atoms with Gasteiger partial charge in [-0.05, 0) is 6.92 Å². The molecule has 0 aliphatic heterocycles. The molecular weight excluding hydrogens is 244 g/mol. The molecule has 6 heteroatoms. The van der Waals surface area contributed by atoms with Gasteiger partial charge in [0.1, 0.15) is 5.15 Å². The lowest BCUT2D eigenvalue weighted by Gasteiger charge is -2.18. The summed E-state index contributed by atoms with van der Waals surface area (Å²) in [5.74, 6) is 0. The van der Waals surface area contributed by atoms with Gasteiger partial charge in [-0.3, -0.25) is 0 Å². The van der Waals surface area contributed by atoms with Crippen molar-refractivity contribution < 1.29 is 0 Å². The molecular formula is C8H10Cl3N3. The number of hydrogen-bond donors (Lipinski definition) is 2. The summed E-state index contributed by atoms with van der Waals surface area (Å²) in [6.45, 7) is 1.77. The normalized spacial score (nSPS) is 15.3. The fraction of sp³-hybridized carbons (Fsp3) is 0.375. The Morgan fingerprint density at radius 1 is 1.29 bits per heavy atom. The van der Waals surface area contributed by atoms with Crippen LogP contribution in [0.25, 0.3) is 0 Å². The number of nitrogens with zero attached hydrogens (tertiary/aromatic N) is 1. The van der Waals surface area contributed by atoms with Crippen LogP contribution in [0.15, 0.2) is 6.20 Å². The minimum atomic E-state index is -0.449. The fourth-order valence-electron chi connectivity index (χ4n) is 1.02. The molecule has 0 bridgehead atoms. The van der Waals surface area contributed by atoms with Gasteiger partial charge >= 0.3 is 0 Å². The van der Waals surface area contributed by atoms with Crippen LogP contribution in [-0.4, -0.2) is 11.0 Å². The van der Waals surface area contributed by atoms with Gasteiger partial charge < -0.3 is 11.5 Å². The highest BCUT2D eigenvalue weighted by Crippen LogP contribution is 2.33. The van der Waals surface area contributed by atoms with Crippen molar-refractivity contribution in [2.75, 3.05) is 0 Å². The second-order valence-electron chi connectivity index (χ2n) is 3.01. The van der Waals surface area contributed by atoms with Crippen molar-refractivity contribution in [2.24, 2.45) is 11.5 Å². The molecule has 0 saturated carbocycles. The molecule has 0 spiro atoms. The summed E-state index contributed by atoms with van der Waals surface area (Å²) >= 11 is 17.6. The number of pyridine rings is 1. The molecule has 1 aromatic rings. The lowest BCUT2D eigenvalue weighted by molar-refractivity contribution is 0.589. The second kappa shape index (κ2) is 4.64. The van der Waals surface area contributed by atoms with Crippen LogP contribution in [0.5, 0.6) is 0 Å². The highest BCUT2D eigenvalue weighted by molar-refractivity contribution is 6.43. The zero-order valence-corrected chi connectivity index (χ0v) is 9.74. The van der Waals surface area contributed by atoms with Crippen LogP contribution in [0.4, 0.5) is 0 Å². The molecule has 0 aromatic carbocycles. The quantitative estimate of drug-likeness (QED) is 0.797. The van der Waals surface area contributed by atoms with Crippen molar-refractivity contribution in [3.63, 3.8) is 0 Å². The van der Waals surface area contributed by atoms with Crippen molar-refractivity contribution in [3.05, 3.63) is 27.0 Å². The van der Waals surface area contributed by atoms with E-state index in [9.17, 15) is 0 Å². The molecule has 0 aliphatic carbocycles. The van der Waals surface area contributed by atoms with Gasteiger partial charge in [0.25, 0.3) is 0 Å². The largest absolute Gasteiger partial charge is 0.326 e. The van der Waals surface area contributed by atoms with E-state index in [1.807, 2.05) is 0 Å². The van der Waals surface area contributed by atoms with Gasteiger partial charge in [-0.2, -0.15) is 0 Å². The predicted octanol–water partition coefficient (Wildman–Crippen LogP) is 2.39. The topological polar surface area (TPSA) is 64.9 Å². The molecule has 0 radical (unpaired) electrons. The fourth-order valence-corrected chi connectivity index (χ4v) is 1.77. The molecule has 0 aliphatic rings. The third kappa shape index (κ3) is 2.30. The van der Waals surface area contributed by atoms with Gasteiger partial charge in [-0.1, -0.05) is 34.8 Å². The van der Waals surface area contributed by atoms with Crippen LogP contribution in [-0.2, 0) is 0 Å². The summed E-state index contributed by atoms with van der Waals surface area (Å²) < 4.78 is 0. The number of aromatic nitrogens is 1. The van der Waals surface area contributed by atoms with Crippen LogP contribution >= 0.6 is 34.8 Å². The molecule has 0 amide bonds. The minimum Gasteiger partial charge on any atom is -0.326 e. The average molecular weight is 255 g/mol. The van der Waals surface area contributed by atoms with E-state index in [0.717, 1.165) is 0 Å². The molecule has 0 fully saturated rings. The van der Waals surface area contributed by atoms with E-state index >= 15 is 0 Å². The van der Waals surface area contributed by atoms with Crippen LogP contribution in [0.3, 0.4) is 0 Å². The maximum Gasteiger partial charge on any atom is 0.148 e. The molecule has 0 saturated heterocycles. The van der Waals surface area contributed by atoms with E-state index in [4.69, 9.17) is 46.3 Å². The molecule has 4 N–H and O–H groups in total. The molecule has 1 rings (SSSR count). The monoisotopic (exact) mass is 253 g/mol. The number of halogens is 3. The second-order valence-corrected chi connectivity index (χ2v) is 4.15. The van der Waals surface area contributed by atoms with Crippen molar-refractivity contribution in [2.45, 2.75) is 19.0 Å². The van der Waals surface area contributed by atoms with Crippen LogP contribution in [0, 0.1) is 0 Å². The van der Waals surface area contributed by atoms with Crippen LogP contribution in [0.1, 0.15) is 18.5 Å². The third-order valence-electron chi connectivity index (χ3n) is 1.87. The summed E-state index contributed by atoms with van der Waals surface area (Å²) in [5.41, 5.74) is 12.0. The van der Waals surface area contributed by atoms with Crippen molar-refractivity contribution in [3.8, 4) is 0 Å². The van der Waals surface area contributed by atoms with Gasteiger partial charge in [-0.25, -0.2) is 4.98 Å². The van der Waals surface area contributed by atoms with Gasteiger partial charge in [0.2, 0.25) is 0 Å².